The first-order valence-electron chi connectivity index (χ1n) is 9.38. The SMILES string of the molecule is O=C(NCc1cccnc1OC1CCCC1)C1CC(=O)N(C2CC2)C1. The van der Waals surface area contributed by atoms with E-state index in [0.29, 0.717) is 31.4 Å². The van der Waals surface area contributed by atoms with E-state index in [0.717, 1.165) is 31.2 Å². The Labute approximate surface area is 147 Å². The average molecular weight is 343 g/mol. The fraction of sp³-hybridized carbons (Fsp3) is 0.632. The van der Waals surface area contributed by atoms with E-state index in [1.54, 1.807) is 6.20 Å². The van der Waals surface area contributed by atoms with Crippen LogP contribution in [0, 0.1) is 5.92 Å². The van der Waals surface area contributed by atoms with Crippen molar-refractivity contribution in [3.63, 3.8) is 0 Å². The second-order valence-corrected chi connectivity index (χ2v) is 7.39. The summed E-state index contributed by atoms with van der Waals surface area (Å²) in [7, 11) is 0. The predicted octanol–water partition coefficient (Wildman–Crippen LogP) is 2.03. The Bertz CT molecular complexity index is 653. The maximum Gasteiger partial charge on any atom is 0.225 e. The first-order valence-corrected chi connectivity index (χ1v) is 9.38. The van der Waals surface area contributed by atoms with Crippen LogP contribution in [-0.2, 0) is 16.1 Å². The van der Waals surface area contributed by atoms with Crippen LogP contribution in [0.4, 0.5) is 0 Å². The molecule has 25 heavy (non-hydrogen) atoms. The molecule has 134 valence electrons. The number of carbonyl (C=O) groups excluding carboxylic acids is 2. The summed E-state index contributed by atoms with van der Waals surface area (Å²) in [5.41, 5.74) is 0.895. The topological polar surface area (TPSA) is 71.5 Å². The van der Waals surface area contributed by atoms with Crippen LogP contribution in [0.15, 0.2) is 18.3 Å². The van der Waals surface area contributed by atoms with Gasteiger partial charge in [-0.05, 0) is 44.6 Å². The highest BCUT2D eigenvalue weighted by atomic mass is 16.5. The quantitative estimate of drug-likeness (QED) is 0.858. The zero-order valence-electron chi connectivity index (χ0n) is 14.4. The van der Waals surface area contributed by atoms with Crippen molar-refractivity contribution < 1.29 is 14.3 Å². The Balaban J connectivity index is 1.33. The molecule has 1 saturated heterocycles. The van der Waals surface area contributed by atoms with Gasteiger partial charge in [0, 0.05) is 37.3 Å². The number of amides is 2. The van der Waals surface area contributed by atoms with Crippen LogP contribution >= 0.6 is 0 Å². The maximum atomic E-state index is 12.5. The Morgan fingerprint density at radius 1 is 1.28 bits per heavy atom. The summed E-state index contributed by atoms with van der Waals surface area (Å²) in [5, 5.41) is 2.97. The molecule has 2 heterocycles. The number of hydrogen-bond acceptors (Lipinski definition) is 4. The minimum Gasteiger partial charge on any atom is -0.474 e. The molecule has 6 nitrogen and oxygen atoms in total. The largest absolute Gasteiger partial charge is 0.474 e. The number of ether oxygens (including phenoxy) is 1. The molecule has 0 aromatic carbocycles. The maximum absolute atomic E-state index is 12.5. The highest BCUT2D eigenvalue weighted by Crippen LogP contribution is 2.32. The summed E-state index contributed by atoms with van der Waals surface area (Å²) in [4.78, 5) is 30.7. The second-order valence-electron chi connectivity index (χ2n) is 7.39. The predicted molar refractivity (Wildman–Crippen MR) is 91.8 cm³/mol. The number of pyridine rings is 1. The van der Waals surface area contributed by atoms with Crippen molar-refractivity contribution in [1.82, 2.24) is 15.2 Å². The van der Waals surface area contributed by atoms with Gasteiger partial charge in [0.1, 0.15) is 6.10 Å². The van der Waals surface area contributed by atoms with Crippen molar-refractivity contribution in [2.45, 2.75) is 63.6 Å². The molecule has 0 bridgehead atoms. The molecule has 0 spiro atoms. The van der Waals surface area contributed by atoms with Gasteiger partial charge in [-0.2, -0.15) is 0 Å². The van der Waals surface area contributed by atoms with E-state index < -0.39 is 0 Å². The van der Waals surface area contributed by atoms with Crippen LogP contribution in [-0.4, -0.2) is 40.4 Å². The van der Waals surface area contributed by atoms with E-state index in [4.69, 9.17) is 4.74 Å². The summed E-state index contributed by atoms with van der Waals surface area (Å²) in [6.07, 6.45) is 9.01. The molecule has 2 saturated carbocycles. The third-order valence-electron chi connectivity index (χ3n) is 5.40. The van der Waals surface area contributed by atoms with Gasteiger partial charge in [-0.3, -0.25) is 9.59 Å². The van der Waals surface area contributed by atoms with Crippen LogP contribution in [0.1, 0.15) is 50.5 Å². The molecule has 3 aliphatic rings. The summed E-state index contributed by atoms with van der Waals surface area (Å²) < 4.78 is 6.01. The van der Waals surface area contributed by atoms with E-state index in [2.05, 4.69) is 10.3 Å². The number of nitrogens with one attached hydrogen (secondary N) is 1. The molecule has 1 unspecified atom stereocenters. The number of hydrogen-bond donors (Lipinski definition) is 1. The monoisotopic (exact) mass is 343 g/mol. The molecular weight excluding hydrogens is 318 g/mol. The molecule has 1 atom stereocenters. The number of rotatable bonds is 6. The number of nitrogens with zero attached hydrogens (tertiary/aromatic N) is 2. The molecule has 1 aromatic heterocycles. The summed E-state index contributed by atoms with van der Waals surface area (Å²) in [6, 6.07) is 4.18. The van der Waals surface area contributed by atoms with Gasteiger partial charge >= 0.3 is 0 Å². The molecule has 1 aliphatic heterocycles. The summed E-state index contributed by atoms with van der Waals surface area (Å²) >= 11 is 0. The lowest BCUT2D eigenvalue weighted by Gasteiger charge is -2.17. The molecule has 2 aliphatic carbocycles. The van der Waals surface area contributed by atoms with Gasteiger partial charge in [0.15, 0.2) is 0 Å². The van der Waals surface area contributed by atoms with Gasteiger partial charge in [-0.15, -0.1) is 0 Å². The van der Waals surface area contributed by atoms with Crippen molar-refractivity contribution in [2.75, 3.05) is 6.54 Å². The van der Waals surface area contributed by atoms with Crippen LogP contribution in [0.3, 0.4) is 0 Å². The number of aromatic nitrogens is 1. The first-order chi connectivity index (χ1) is 12.2. The molecule has 0 radical (unpaired) electrons. The fourth-order valence-corrected chi connectivity index (χ4v) is 3.80. The van der Waals surface area contributed by atoms with Crippen LogP contribution in [0.2, 0.25) is 0 Å². The minimum atomic E-state index is -0.232. The molecule has 1 aromatic rings. The summed E-state index contributed by atoms with van der Waals surface area (Å²) in [6.45, 7) is 0.955. The Hall–Kier alpha value is -2.11. The zero-order valence-corrected chi connectivity index (χ0v) is 14.4. The Morgan fingerprint density at radius 3 is 2.84 bits per heavy atom. The highest BCUT2D eigenvalue weighted by molar-refractivity contribution is 5.89. The third-order valence-corrected chi connectivity index (χ3v) is 5.40. The smallest absolute Gasteiger partial charge is 0.225 e. The lowest BCUT2D eigenvalue weighted by molar-refractivity contribution is -0.129. The zero-order chi connectivity index (χ0) is 17.2. The number of likely N-dealkylation sites (tertiary alicyclic amines) is 1. The summed E-state index contributed by atoms with van der Waals surface area (Å²) in [5.74, 6) is 0.460. The van der Waals surface area contributed by atoms with Crippen LogP contribution in [0.5, 0.6) is 5.88 Å². The standard InChI is InChI=1S/C19H25N3O3/c23-17-10-14(12-22(17)15-7-8-15)18(24)21-11-13-4-3-9-20-19(13)25-16-5-1-2-6-16/h3-4,9,14-16H,1-2,5-8,10-12H2,(H,21,24). The average Bonchev–Trinajstić information content (AvgIpc) is 3.19. The Kier molecular flexibility index (Phi) is 4.59. The first kappa shape index (κ1) is 16.4. The van der Waals surface area contributed by atoms with Crippen molar-refractivity contribution in [2.24, 2.45) is 5.92 Å². The molecule has 1 N–H and O–H groups in total. The van der Waals surface area contributed by atoms with Crippen molar-refractivity contribution in [1.29, 1.82) is 0 Å². The van der Waals surface area contributed by atoms with Gasteiger partial charge < -0.3 is 15.0 Å². The lowest BCUT2D eigenvalue weighted by atomic mass is 10.1. The van der Waals surface area contributed by atoms with Crippen molar-refractivity contribution in [3.8, 4) is 5.88 Å². The van der Waals surface area contributed by atoms with Gasteiger partial charge in [-0.25, -0.2) is 4.98 Å². The van der Waals surface area contributed by atoms with E-state index in [-0.39, 0.29) is 23.8 Å². The van der Waals surface area contributed by atoms with Crippen molar-refractivity contribution >= 4 is 11.8 Å². The van der Waals surface area contributed by atoms with E-state index >= 15 is 0 Å². The van der Waals surface area contributed by atoms with Gasteiger partial charge in [0.2, 0.25) is 17.7 Å². The fourth-order valence-electron chi connectivity index (χ4n) is 3.80. The van der Waals surface area contributed by atoms with Gasteiger partial charge in [0.25, 0.3) is 0 Å². The third kappa shape index (κ3) is 3.78. The minimum absolute atomic E-state index is 0.0489. The lowest BCUT2D eigenvalue weighted by Crippen LogP contribution is -2.33. The molecule has 6 heteroatoms. The van der Waals surface area contributed by atoms with Gasteiger partial charge in [-0.1, -0.05) is 6.07 Å². The molecule has 2 amide bonds. The molecule has 4 rings (SSSR count). The Morgan fingerprint density at radius 2 is 2.08 bits per heavy atom. The van der Waals surface area contributed by atoms with E-state index in [1.807, 2.05) is 17.0 Å². The van der Waals surface area contributed by atoms with E-state index in [9.17, 15) is 9.59 Å². The van der Waals surface area contributed by atoms with Crippen LogP contribution < -0.4 is 10.1 Å². The molecular formula is C19H25N3O3. The van der Waals surface area contributed by atoms with Gasteiger partial charge in [0.05, 0.1) is 5.92 Å². The number of carbonyl (C=O) groups is 2. The van der Waals surface area contributed by atoms with Crippen molar-refractivity contribution in [3.05, 3.63) is 23.9 Å². The highest BCUT2D eigenvalue weighted by Gasteiger charge is 2.41. The normalized spacial score (nSPS) is 23.9. The van der Waals surface area contributed by atoms with E-state index in [1.165, 1.54) is 12.8 Å². The second kappa shape index (κ2) is 7.02. The molecule has 3 fully saturated rings. The van der Waals surface area contributed by atoms with Crippen LogP contribution in [0.25, 0.3) is 0 Å².